The van der Waals surface area contributed by atoms with Crippen LogP contribution < -0.4 is 0 Å². The minimum Gasteiger partial charge on any atom is -0.388 e. The number of carbonyl (C=O) groups is 1. The molecule has 0 spiro atoms. The number of nitrogens with zero attached hydrogens (tertiary/aromatic N) is 3. The summed E-state index contributed by atoms with van der Waals surface area (Å²) in [6, 6.07) is 5.95. The van der Waals surface area contributed by atoms with Crippen molar-refractivity contribution in [3.05, 3.63) is 59.4 Å². The zero-order valence-corrected chi connectivity index (χ0v) is 14.2. The van der Waals surface area contributed by atoms with Crippen LogP contribution in [0.25, 0.3) is 0 Å². The van der Waals surface area contributed by atoms with E-state index in [4.69, 9.17) is 0 Å². The van der Waals surface area contributed by atoms with Crippen molar-refractivity contribution in [1.29, 1.82) is 0 Å². The molecule has 1 atom stereocenters. The molecule has 6 heteroatoms. The normalized spacial score (nSPS) is 16.7. The number of benzene rings is 1. The first-order valence-corrected chi connectivity index (χ1v) is 8.61. The van der Waals surface area contributed by atoms with Gasteiger partial charge in [-0.1, -0.05) is 19.1 Å². The molecule has 1 aromatic carbocycles. The van der Waals surface area contributed by atoms with E-state index < -0.39 is 6.10 Å². The molecule has 1 amide bonds. The third-order valence-electron chi connectivity index (χ3n) is 4.84. The SMILES string of the molecule is CCc1ncncc1C(=O)N1CCC(C(O)c2ccc(F)cc2)CC1. The van der Waals surface area contributed by atoms with Crippen LogP contribution in [0.1, 0.15) is 47.5 Å². The average Bonchev–Trinajstić information content (AvgIpc) is 2.67. The molecule has 2 heterocycles. The molecule has 0 saturated carbocycles. The molecule has 1 aromatic heterocycles. The molecule has 1 aliphatic rings. The summed E-state index contributed by atoms with van der Waals surface area (Å²) < 4.78 is 13.0. The van der Waals surface area contributed by atoms with E-state index in [0.29, 0.717) is 37.9 Å². The Balaban J connectivity index is 1.63. The second-order valence-electron chi connectivity index (χ2n) is 6.36. The number of rotatable bonds is 4. The van der Waals surface area contributed by atoms with Gasteiger partial charge in [0.2, 0.25) is 0 Å². The Hall–Kier alpha value is -2.34. The highest BCUT2D eigenvalue weighted by Gasteiger charge is 2.29. The second kappa shape index (κ2) is 7.70. The summed E-state index contributed by atoms with van der Waals surface area (Å²) in [7, 11) is 0. The van der Waals surface area contributed by atoms with Gasteiger partial charge in [0.15, 0.2) is 0 Å². The van der Waals surface area contributed by atoms with Crippen molar-refractivity contribution >= 4 is 5.91 Å². The van der Waals surface area contributed by atoms with Gasteiger partial charge in [-0.2, -0.15) is 0 Å². The highest BCUT2D eigenvalue weighted by atomic mass is 19.1. The minimum absolute atomic E-state index is 0.0489. The molecule has 1 N–H and O–H groups in total. The third-order valence-corrected chi connectivity index (χ3v) is 4.84. The fraction of sp³-hybridized carbons (Fsp3) is 0.421. The Labute approximate surface area is 146 Å². The third kappa shape index (κ3) is 3.85. The number of likely N-dealkylation sites (tertiary alicyclic amines) is 1. The van der Waals surface area contributed by atoms with E-state index in [2.05, 4.69) is 9.97 Å². The topological polar surface area (TPSA) is 66.3 Å². The Morgan fingerprint density at radius 1 is 1.32 bits per heavy atom. The zero-order valence-electron chi connectivity index (χ0n) is 14.2. The van der Waals surface area contributed by atoms with E-state index in [-0.39, 0.29) is 17.6 Å². The van der Waals surface area contributed by atoms with Crippen LogP contribution in [-0.2, 0) is 6.42 Å². The number of aromatic nitrogens is 2. The van der Waals surface area contributed by atoms with Crippen LogP contribution in [0.2, 0.25) is 0 Å². The second-order valence-corrected chi connectivity index (χ2v) is 6.36. The fourth-order valence-corrected chi connectivity index (χ4v) is 3.34. The van der Waals surface area contributed by atoms with Crippen molar-refractivity contribution in [1.82, 2.24) is 14.9 Å². The Morgan fingerprint density at radius 3 is 2.64 bits per heavy atom. The first-order chi connectivity index (χ1) is 12.1. The van der Waals surface area contributed by atoms with Gasteiger partial charge in [-0.25, -0.2) is 14.4 Å². The van der Waals surface area contributed by atoms with Crippen LogP contribution >= 0.6 is 0 Å². The molecule has 5 nitrogen and oxygen atoms in total. The smallest absolute Gasteiger partial charge is 0.257 e. The molecule has 1 unspecified atom stereocenters. The van der Waals surface area contributed by atoms with Gasteiger partial charge in [0.1, 0.15) is 12.1 Å². The van der Waals surface area contributed by atoms with Crippen molar-refractivity contribution < 1.29 is 14.3 Å². The van der Waals surface area contributed by atoms with E-state index in [1.807, 2.05) is 6.92 Å². The summed E-state index contributed by atoms with van der Waals surface area (Å²) in [5, 5.41) is 10.5. The van der Waals surface area contributed by atoms with Crippen molar-refractivity contribution in [3.8, 4) is 0 Å². The zero-order chi connectivity index (χ0) is 17.8. The summed E-state index contributed by atoms with van der Waals surface area (Å²) in [4.78, 5) is 22.6. The van der Waals surface area contributed by atoms with Crippen molar-refractivity contribution in [2.24, 2.45) is 5.92 Å². The van der Waals surface area contributed by atoms with Crippen LogP contribution in [0.5, 0.6) is 0 Å². The number of aryl methyl sites for hydroxylation is 1. The molecule has 132 valence electrons. The number of aliphatic hydroxyl groups is 1. The van der Waals surface area contributed by atoms with E-state index in [0.717, 1.165) is 11.3 Å². The summed E-state index contributed by atoms with van der Waals surface area (Å²) in [6.07, 6.45) is 4.50. The predicted octanol–water partition coefficient (Wildman–Crippen LogP) is 2.76. The van der Waals surface area contributed by atoms with Crippen LogP contribution in [0, 0.1) is 11.7 Å². The average molecular weight is 343 g/mol. The van der Waals surface area contributed by atoms with Gasteiger partial charge < -0.3 is 10.0 Å². The highest BCUT2D eigenvalue weighted by Crippen LogP contribution is 2.31. The molecule has 3 rings (SSSR count). The monoisotopic (exact) mass is 343 g/mol. The molecule has 0 radical (unpaired) electrons. The molecule has 1 aliphatic heterocycles. The Kier molecular flexibility index (Phi) is 5.38. The van der Waals surface area contributed by atoms with Gasteiger partial charge >= 0.3 is 0 Å². The molecule has 0 aliphatic carbocycles. The lowest BCUT2D eigenvalue weighted by Gasteiger charge is -2.34. The molecule has 0 bridgehead atoms. The molecule has 1 saturated heterocycles. The van der Waals surface area contributed by atoms with E-state index >= 15 is 0 Å². The van der Waals surface area contributed by atoms with Gasteiger partial charge in [-0.05, 0) is 42.9 Å². The van der Waals surface area contributed by atoms with Crippen molar-refractivity contribution in [2.45, 2.75) is 32.3 Å². The lowest BCUT2D eigenvalue weighted by molar-refractivity contribution is 0.0460. The molecule has 25 heavy (non-hydrogen) atoms. The van der Waals surface area contributed by atoms with Crippen LogP contribution in [-0.4, -0.2) is 39.0 Å². The quantitative estimate of drug-likeness (QED) is 0.927. The summed E-state index contributed by atoms with van der Waals surface area (Å²) in [5.74, 6) is -0.299. The maximum atomic E-state index is 13.0. The lowest BCUT2D eigenvalue weighted by Crippen LogP contribution is -2.40. The number of hydrogen-bond donors (Lipinski definition) is 1. The number of piperidine rings is 1. The number of carbonyl (C=O) groups excluding carboxylic acids is 1. The predicted molar refractivity (Wildman–Crippen MR) is 91.4 cm³/mol. The number of amides is 1. The van der Waals surface area contributed by atoms with Gasteiger partial charge in [0.25, 0.3) is 5.91 Å². The summed E-state index contributed by atoms with van der Waals surface area (Å²) >= 11 is 0. The van der Waals surface area contributed by atoms with E-state index in [1.54, 1.807) is 23.2 Å². The van der Waals surface area contributed by atoms with E-state index in [9.17, 15) is 14.3 Å². The molecule has 1 fully saturated rings. The summed E-state index contributed by atoms with van der Waals surface area (Å²) in [5.41, 5.74) is 2.03. The first kappa shape index (κ1) is 17.5. The Bertz CT molecular complexity index is 728. The number of halogens is 1. The van der Waals surface area contributed by atoms with Gasteiger partial charge in [0, 0.05) is 19.3 Å². The minimum atomic E-state index is -0.635. The lowest BCUT2D eigenvalue weighted by atomic mass is 9.87. The maximum absolute atomic E-state index is 13.0. The first-order valence-electron chi connectivity index (χ1n) is 8.61. The van der Waals surface area contributed by atoms with Crippen molar-refractivity contribution in [3.63, 3.8) is 0 Å². The summed E-state index contributed by atoms with van der Waals surface area (Å²) in [6.45, 7) is 3.13. The largest absolute Gasteiger partial charge is 0.388 e. The van der Waals surface area contributed by atoms with E-state index in [1.165, 1.54) is 18.5 Å². The van der Waals surface area contributed by atoms with Crippen LogP contribution in [0.4, 0.5) is 4.39 Å². The molecular weight excluding hydrogens is 321 g/mol. The van der Waals surface area contributed by atoms with Crippen LogP contribution in [0.3, 0.4) is 0 Å². The van der Waals surface area contributed by atoms with Gasteiger partial charge in [0.05, 0.1) is 17.4 Å². The van der Waals surface area contributed by atoms with Crippen LogP contribution in [0.15, 0.2) is 36.8 Å². The standard InChI is InChI=1S/C19H22FN3O2/c1-2-17-16(11-21-12-22-17)19(25)23-9-7-14(8-10-23)18(24)13-3-5-15(20)6-4-13/h3-6,11-12,14,18,24H,2,7-10H2,1H3. The highest BCUT2D eigenvalue weighted by molar-refractivity contribution is 5.95. The Morgan fingerprint density at radius 2 is 2.00 bits per heavy atom. The number of hydrogen-bond acceptors (Lipinski definition) is 4. The van der Waals surface area contributed by atoms with Gasteiger partial charge in [-0.3, -0.25) is 4.79 Å². The fourth-order valence-electron chi connectivity index (χ4n) is 3.34. The maximum Gasteiger partial charge on any atom is 0.257 e. The van der Waals surface area contributed by atoms with Gasteiger partial charge in [-0.15, -0.1) is 0 Å². The molecule has 2 aromatic rings. The molecular formula is C19H22FN3O2. The van der Waals surface area contributed by atoms with Crippen molar-refractivity contribution in [2.75, 3.05) is 13.1 Å². The number of aliphatic hydroxyl groups excluding tert-OH is 1.